The van der Waals surface area contributed by atoms with Gasteiger partial charge >= 0.3 is 6.03 Å². The van der Waals surface area contributed by atoms with E-state index in [0.717, 1.165) is 43.2 Å². The molecule has 0 saturated carbocycles. The third-order valence-electron chi connectivity index (χ3n) is 3.17. The van der Waals surface area contributed by atoms with Crippen molar-refractivity contribution < 1.29 is 4.79 Å². The zero-order chi connectivity index (χ0) is 14.8. The van der Waals surface area contributed by atoms with E-state index in [9.17, 15) is 4.79 Å². The maximum atomic E-state index is 12.1. The highest BCUT2D eigenvalue weighted by Crippen LogP contribution is 2.10. The zero-order valence-electron chi connectivity index (χ0n) is 12.5. The molecule has 1 aromatic rings. The Morgan fingerprint density at radius 1 is 1.15 bits per heavy atom. The lowest BCUT2D eigenvalue weighted by Gasteiger charge is -2.22. The average molecular weight is 341 g/mol. The summed E-state index contributed by atoms with van der Waals surface area (Å²) in [5.41, 5.74) is 1.24. The summed E-state index contributed by atoms with van der Waals surface area (Å²) in [4.78, 5) is 14.0. The smallest absolute Gasteiger partial charge is 0.317 e. The lowest BCUT2D eigenvalue weighted by atomic mass is 10.1. The van der Waals surface area contributed by atoms with Gasteiger partial charge in [0.15, 0.2) is 0 Å². The van der Waals surface area contributed by atoms with Crippen LogP contribution in [0.2, 0.25) is 0 Å². The molecule has 1 aromatic carbocycles. The Labute approximate surface area is 130 Å². The SMILES string of the molecule is CCCCN(CCC)C(=O)NCCc1ccc(Br)cc1. The number of benzene rings is 1. The van der Waals surface area contributed by atoms with Crippen LogP contribution in [0.1, 0.15) is 38.7 Å². The number of nitrogens with one attached hydrogen (secondary N) is 1. The lowest BCUT2D eigenvalue weighted by molar-refractivity contribution is 0.197. The highest BCUT2D eigenvalue weighted by atomic mass is 79.9. The lowest BCUT2D eigenvalue weighted by Crippen LogP contribution is -2.41. The average Bonchev–Trinajstić information content (AvgIpc) is 2.45. The molecule has 0 radical (unpaired) electrons. The van der Waals surface area contributed by atoms with Crippen LogP contribution in [0.25, 0.3) is 0 Å². The molecule has 20 heavy (non-hydrogen) atoms. The molecule has 0 fully saturated rings. The van der Waals surface area contributed by atoms with Gasteiger partial charge in [-0.1, -0.05) is 48.3 Å². The van der Waals surface area contributed by atoms with E-state index in [0.29, 0.717) is 6.54 Å². The largest absolute Gasteiger partial charge is 0.338 e. The van der Waals surface area contributed by atoms with Gasteiger partial charge in [-0.05, 0) is 37.0 Å². The van der Waals surface area contributed by atoms with E-state index in [2.05, 4.69) is 47.2 Å². The van der Waals surface area contributed by atoms with E-state index < -0.39 is 0 Å². The van der Waals surface area contributed by atoms with Crippen molar-refractivity contribution in [3.8, 4) is 0 Å². The second-order valence-electron chi connectivity index (χ2n) is 4.95. The van der Waals surface area contributed by atoms with E-state index in [1.54, 1.807) is 0 Å². The van der Waals surface area contributed by atoms with E-state index in [1.807, 2.05) is 17.0 Å². The minimum atomic E-state index is 0.0670. The number of hydrogen-bond donors (Lipinski definition) is 1. The van der Waals surface area contributed by atoms with Crippen LogP contribution >= 0.6 is 15.9 Å². The van der Waals surface area contributed by atoms with Crippen molar-refractivity contribution in [1.29, 1.82) is 0 Å². The van der Waals surface area contributed by atoms with Crippen LogP contribution in [0, 0.1) is 0 Å². The maximum Gasteiger partial charge on any atom is 0.317 e. The Balaban J connectivity index is 2.34. The first-order chi connectivity index (χ1) is 9.67. The van der Waals surface area contributed by atoms with Crippen LogP contribution in [0.4, 0.5) is 4.79 Å². The number of rotatable bonds is 8. The molecule has 0 aromatic heterocycles. The zero-order valence-corrected chi connectivity index (χ0v) is 14.1. The molecular formula is C16H25BrN2O. The summed E-state index contributed by atoms with van der Waals surface area (Å²) in [5, 5.41) is 3.01. The molecule has 0 saturated heterocycles. The van der Waals surface area contributed by atoms with Gasteiger partial charge in [0.2, 0.25) is 0 Å². The second-order valence-corrected chi connectivity index (χ2v) is 5.86. The Morgan fingerprint density at radius 3 is 2.45 bits per heavy atom. The van der Waals surface area contributed by atoms with Crippen molar-refractivity contribution >= 4 is 22.0 Å². The van der Waals surface area contributed by atoms with Crippen molar-refractivity contribution in [2.75, 3.05) is 19.6 Å². The third kappa shape index (κ3) is 6.42. The van der Waals surface area contributed by atoms with Crippen LogP contribution in [0.5, 0.6) is 0 Å². The van der Waals surface area contributed by atoms with E-state index in [-0.39, 0.29) is 6.03 Å². The predicted molar refractivity (Wildman–Crippen MR) is 88.0 cm³/mol. The van der Waals surface area contributed by atoms with Gasteiger partial charge in [-0.15, -0.1) is 0 Å². The normalized spacial score (nSPS) is 10.3. The van der Waals surface area contributed by atoms with Gasteiger partial charge in [0.25, 0.3) is 0 Å². The van der Waals surface area contributed by atoms with Gasteiger partial charge in [-0.2, -0.15) is 0 Å². The number of amides is 2. The van der Waals surface area contributed by atoms with Crippen LogP contribution in [0.3, 0.4) is 0 Å². The summed E-state index contributed by atoms with van der Waals surface area (Å²) in [6.45, 7) is 6.63. The first-order valence-electron chi connectivity index (χ1n) is 7.44. The number of hydrogen-bond acceptors (Lipinski definition) is 1. The summed E-state index contributed by atoms with van der Waals surface area (Å²) in [6.07, 6.45) is 4.06. The van der Waals surface area contributed by atoms with Crippen molar-refractivity contribution in [2.45, 2.75) is 39.5 Å². The van der Waals surface area contributed by atoms with Crippen molar-refractivity contribution in [3.05, 3.63) is 34.3 Å². The van der Waals surface area contributed by atoms with Crippen LogP contribution in [-0.4, -0.2) is 30.6 Å². The molecule has 0 bridgehead atoms. The number of nitrogens with zero attached hydrogens (tertiary/aromatic N) is 1. The fourth-order valence-electron chi connectivity index (χ4n) is 2.01. The molecule has 0 heterocycles. The molecule has 1 N–H and O–H groups in total. The molecule has 0 aliphatic heterocycles. The number of carbonyl (C=O) groups excluding carboxylic acids is 1. The first kappa shape index (κ1) is 17.0. The van der Waals surface area contributed by atoms with E-state index >= 15 is 0 Å². The summed E-state index contributed by atoms with van der Waals surface area (Å²) < 4.78 is 1.08. The topological polar surface area (TPSA) is 32.3 Å². The van der Waals surface area contributed by atoms with Crippen molar-refractivity contribution in [3.63, 3.8) is 0 Å². The van der Waals surface area contributed by atoms with Crippen LogP contribution in [0.15, 0.2) is 28.7 Å². The molecule has 112 valence electrons. The Bertz CT molecular complexity index is 392. The standard InChI is InChI=1S/C16H25BrN2O/c1-3-5-13-19(12-4-2)16(20)18-11-10-14-6-8-15(17)9-7-14/h6-9H,3-5,10-13H2,1-2H3,(H,18,20). The first-order valence-corrected chi connectivity index (χ1v) is 8.23. The fraction of sp³-hybridized carbons (Fsp3) is 0.562. The molecule has 0 spiro atoms. The number of carbonyl (C=O) groups is 1. The summed E-state index contributed by atoms with van der Waals surface area (Å²) in [6, 6.07) is 8.29. The minimum Gasteiger partial charge on any atom is -0.338 e. The third-order valence-corrected chi connectivity index (χ3v) is 3.69. The van der Waals surface area contributed by atoms with Crippen molar-refractivity contribution in [1.82, 2.24) is 10.2 Å². The molecule has 4 heteroatoms. The highest BCUT2D eigenvalue weighted by molar-refractivity contribution is 9.10. The fourth-order valence-corrected chi connectivity index (χ4v) is 2.27. The summed E-state index contributed by atoms with van der Waals surface area (Å²) in [7, 11) is 0. The molecular weight excluding hydrogens is 316 g/mol. The molecule has 2 amide bonds. The number of halogens is 1. The van der Waals surface area contributed by atoms with Gasteiger partial charge < -0.3 is 10.2 Å². The molecule has 1 rings (SSSR count). The molecule has 0 unspecified atom stereocenters. The number of unbranched alkanes of at least 4 members (excludes halogenated alkanes) is 1. The van der Waals surface area contributed by atoms with Gasteiger partial charge in [-0.25, -0.2) is 4.79 Å². The highest BCUT2D eigenvalue weighted by Gasteiger charge is 2.10. The molecule has 3 nitrogen and oxygen atoms in total. The minimum absolute atomic E-state index is 0.0670. The Hall–Kier alpha value is -1.03. The molecule has 0 aliphatic rings. The predicted octanol–water partition coefficient (Wildman–Crippen LogP) is 4.21. The quantitative estimate of drug-likeness (QED) is 0.755. The van der Waals surface area contributed by atoms with Gasteiger partial charge in [0, 0.05) is 24.1 Å². The molecule has 0 aliphatic carbocycles. The monoisotopic (exact) mass is 340 g/mol. The number of urea groups is 1. The van der Waals surface area contributed by atoms with E-state index in [4.69, 9.17) is 0 Å². The summed E-state index contributed by atoms with van der Waals surface area (Å²) in [5.74, 6) is 0. The van der Waals surface area contributed by atoms with E-state index in [1.165, 1.54) is 5.56 Å². The maximum absolute atomic E-state index is 12.1. The Kier molecular flexibility index (Phi) is 8.35. The second kappa shape index (κ2) is 9.81. The van der Waals surface area contributed by atoms with Gasteiger partial charge in [0.1, 0.15) is 0 Å². The summed E-state index contributed by atoms with van der Waals surface area (Å²) >= 11 is 3.42. The molecule has 0 atom stereocenters. The Morgan fingerprint density at radius 2 is 1.85 bits per heavy atom. The van der Waals surface area contributed by atoms with Crippen LogP contribution in [-0.2, 0) is 6.42 Å². The van der Waals surface area contributed by atoms with Gasteiger partial charge in [0.05, 0.1) is 0 Å². The van der Waals surface area contributed by atoms with Crippen molar-refractivity contribution in [2.24, 2.45) is 0 Å². The van der Waals surface area contributed by atoms with Crippen LogP contribution < -0.4 is 5.32 Å². The van der Waals surface area contributed by atoms with Gasteiger partial charge in [-0.3, -0.25) is 0 Å².